The minimum atomic E-state index is -4.75. The van der Waals surface area contributed by atoms with Crippen LogP contribution >= 0.6 is 0 Å². The molecule has 2 fully saturated rings. The van der Waals surface area contributed by atoms with Gasteiger partial charge in [-0.25, -0.2) is 18.0 Å². The number of alkyl halides is 4. The van der Waals surface area contributed by atoms with Crippen LogP contribution in [0.1, 0.15) is 25.0 Å². The van der Waals surface area contributed by atoms with Crippen molar-refractivity contribution in [2.24, 2.45) is 0 Å². The fraction of sp³-hybridized carbons (Fsp3) is 0.400. The molecule has 4 aromatic carbocycles. The number of carbonyl (C=O) groups excluding carboxylic acids is 1. The normalized spacial score (nSPS) is 25.0. The first kappa shape index (κ1) is 54.0. The Morgan fingerprint density at radius 3 is 1.42 bits per heavy atom. The van der Waals surface area contributed by atoms with E-state index in [0.717, 1.165) is 0 Å². The van der Waals surface area contributed by atoms with Gasteiger partial charge in [0.05, 0.1) is 19.0 Å². The van der Waals surface area contributed by atoms with Gasteiger partial charge in [0.25, 0.3) is 0 Å². The van der Waals surface area contributed by atoms with Crippen molar-refractivity contribution in [3.05, 3.63) is 108 Å². The maximum atomic E-state index is 13.5. The van der Waals surface area contributed by atoms with E-state index in [4.69, 9.17) is 29.2 Å². The van der Waals surface area contributed by atoms with Gasteiger partial charge in [-0.15, -0.1) is 0 Å². The maximum absolute atomic E-state index is 13.5. The van der Waals surface area contributed by atoms with Gasteiger partial charge in [-0.05, 0) is 40.5 Å². The summed E-state index contributed by atoms with van der Waals surface area (Å²) in [6.45, 7) is -0.485. The molecular formula is C45H50F4N2O17S. The number of rotatable bonds is 16. The van der Waals surface area contributed by atoms with Gasteiger partial charge in [0.15, 0.2) is 0 Å². The molecule has 0 aromatic heterocycles. The molecule has 24 heteroatoms. The Morgan fingerprint density at radius 2 is 1.03 bits per heavy atom. The predicted molar refractivity (Wildman–Crippen MR) is 233 cm³/mol. The molecule has 10 atom stereocenters. The zero-order chi connectivity index (χ0) is 51.0. The molecule has 0 aliphatic carbocycles. The van der Waals surface area contributed by atoms with E-state index < -0.39 is 126 Å². The Morgan fingerprint density at radius 1 is 0.623 bits per heavy atom. The van der Waals surface area contributed by atoms with Gasteiger partial charge in [-0.3, -0.25) is 4.79 Å². The summed E-state index contributed by atoms with van der Waals surface area (Å²) in [5.74, 6) is -5.28. The third-order valence-corrected chi connectivity index (χ3v) is 12.6. The number of nitrogens with one attached hydrogen (secondary N) is 2. The van der Waals surface area contributed by atoms with Crippen molar-refractivity contribution in [3.63, 3.8) is 0 Å². The molecule has 6 rings (SSSR count). The summed E-state index contributed by atoms with van der Waals surface area (Å²) in [6.07, 6.45) is -15.3. The lowest BCUT2D eigenvalue weighted by Gasteiger charge is -2.41. The minimum absolute atomic E-state index is 0.108. The molecule has 4 unspecified atom stereocenters. The molecule has 4 aromatic rings. The van der Waals surface area contributed by atoms with Crippen LogP contribution in [0.15, 0.2) is 97.1 Å². The fourth-order valence-corrected chi connectivity index (χ4v) is 8.06. The van der Waals surface area contributed by atoms with Crippen LogP contribution in [0.3, 0.4) is 0 Å². The van der Waals surface area contributed by atoms with Crippen LogP contribution in [0, 0.1) is 0 Å². The van der Waals surface area contributed by atoms with Crippen LogP contribution in [0.25, 0.3) is 22.3 Å². The van der Waals surface area contributed by atoms with Gasteiger partial charge in [0.2, 0.25) is 28.2 Å². The van der Waals surface area contributed by atoms with E-state index in [9.17, 15) is 71.0 Å². The van der Waals surface area contributed by atoms with Crippen molar-refractivity contribution < 1.29 is 100 Å². The first-order chi connectivity index (χ1) is 32.3. The molecule has 69 heavy (non-hydrogen) atoms. The molecule has 376 valence electrons. The van der Waals surface area contributed by atoms with Gasteiger partial charge < -0.3 is 70.4 Å². The second-order valence-electron chi connectivity index (χ2n) is 16.0. The summed E-state index contributed by atoms with van der Waals surface area (Å²) in [5, 5.41) is 78.2. The van der Waals surface area contributed by atoms with Crippen molar-refractivity contribution in [3.8, 4) is 33.8 Å². The number of aliphatic hydroxyl groups is 6. The third-order valence-electron chi connectivity index (χ3n) is 10.8. The standard InChI is InChI=1S/C23H25F2NO8.C22H25F2NO9S/c1-23(24,25)17(28)10-12-5-4-6-13(9-12)14-7-2-3-8-15(14)33-21-18(26-22(31)32)20(30)19(29)16(11-27)34-21;1-22(23,24)35(31,32)11-12-5-4-6-13(9-12)14-7-2-3-8-15(14)33-20-17(25-21(29)30)19(28)18(27)16(10-26)34-20/h2-9,16,18-21,26-27,29-30H,10-11H2,1H3,(H,31,32);2-9,16-20,25-28H,10-11H2,1H3,(H,29,30)/t16?,18?,19-,20+,21+;16?,17?,18-,19+,20+/m00/s1. The zero-order valence-electron chi connectivity index (χ0n) is 36.5. The number of hydrogen-bond donors (Lipinski definition) is 10. The van der Waals surface area contributed by atoms with Gasteiger partial charge in [0.1, 0.15) is 60.2 Å². The number of para-hydroxylation sites is 2. The first-order valence-corrected chi connectivity index (χ1v) is 22.5. The highest BCUT2D eigenvalue weighted by molar-refractivity contribution is 7.91. The molecule has 0 bridgehead atoms. The smallest absolute Gasteiger partial charge is 0.405 e. The predicted octanol–water partition coefficient (Wildman–Crippen LogP) is 2.91. The molecule has 0 saturated carbocycles. The van der Waals surface area contributed by atoms with Gasteiger partial charge in [0, 0.05) is 31.4 Å². The molecule has 2 aliphatic heterocycles. The topological polar surface area (TPSA) is 308 Å². The summed E-state index contributed by atoms with van der Waals surface area (Å²) < 4.78 is 100. The molecule has 2 saturated heterocycles. The van der Waals surface area contributed by atoms with Crippen LogP contribution in [0.4, 0.5) is 27.2 Å². The van der Waals surface area contributed by atoms with E-state index in [1.165, 1.54) is 30.3 Å². The maximum Gasteiger partial charge on any atom is 0.405 e. The number of ether oxygens (including phenoxy) is 4. The Kier molecular flexibility index (Phi) is 17.7. The Labute approximate surface area is 391 Å². The minimum Gasteiger partial charge on any atom is -0.465 e. The summed E-state index contributed by atoms with van der Waals surface area (Å²) >= 11 is 0. The Bertz CT molecular complexity index is 2530. The molecule has 0 spiro atoms. The number of ketones is 1. The molecule has 2 aliphatic rings. The van der Waals surface area contributed by atoms with Gasteiger partial charge >= 0.3 is 23.4 Å². The van der Waals surface area contributed by atoms with Crippen LogP contribution in [-0.2, 0) is 36.3 Å². The zero-order valence-corrected chi connectivity index (χ0v) is 37.3. The second kappa shape index (κ2) is 22.6. The first-order valence-electron chi connectivity index (χ1n) is 20.8. The lowest BCUT2D eigenvalue weighted by atomic mass is 9.96. The number of hydrogen-bond acceptors (Lipinski definition) is 15. The number of amides is 2. The highest BCUT2D eigenvalue weighted by Crippen LogP contribution is 2.36. The summed E-state index contributed by atoms with van der Waals surface area (Å²) in [6, 6.07) is 22.2. The van der Waals surface area contributed by atoms with Crippen LogP contribution < -0.4 is 20.1 Å². The number of halogens is 4. The number of benzene rings is 4. The highest BCUT2D eigenvalue weighted by atomic mass is 32.2. The highest BCUT2D eigenvalue weighted by Gasteiger charge is 2.48. The Hall–Kier alpha value is -5.96. The van der Waals surface area contributed by atoms with E-state index in [0.29, 0.717) is 41.7 Å². The molecule has 2 heterocycles. The van der Waals surface area contributed by atoms with Crippen molar-refractivity contribution in [2.75, 3.05) is 13.2 Å². The van der Waals surface area contributed by atoms with Crippen molar-refractivity contribution >= 4 is 27.8 Å². The monoisotopic (exact) mass is 998 g/mol. The molecule has 0 radical (unpaired) electrons. The van der Waals surface area contributed by atoms with Crippen LogP contribution in [0.5, 0.6) is 11.5 Å². The average molecular weight is 999 g/mol. The fourth-order valence-electron chi connectivity index (χ4n) is 7.19. The SMILES string of the molecule is CC(F)(F)C(=O)Cc1cccc(-c2ccccc2O[C@@H]2OC(CO)[C@H](O)[C@H](O)C2NC(=O)O)c1.CC(F)(F)S(=O)(=O)Cc1cccc(-c2ccccc2O[C@@H]2OC(CO)[C@H](O)[C@H](O)C2NC(=O)O)c1. The van der Waals surface area contributed by atoms with Crippen molar-refractivity contribution in [1.29, 1.82) is 0 Å². The number of carboxylic acid groups (broad SMARTS) is 2. The van der Waals surface area contributed by atoms with Crippen LogP contribution in [-0.4, -0.2) is 153 Å². The van der Waals surface area contributed by atoms with Crippen molar-refractivity contribution in [1.82, 2.24) is 10.6 Å². The molecule has 10 N–H and O–H groups in total. The number of Topliss-reactive ketones (excluding diaryl/α,β-unsaturated/α-hetero) is 1. The largest absolute Gasteiger partial charge is 0.465 e. The summed E-state index contributed by atoms with van der Waals surface area (Å²) in [5.41, 5.74) is 2.26. The van der Waals surface area contributed by atoms with E-state index in [1.807, 2.05) is 10.6 Å². The molecule has 2 amide bonds. The molecule has 19 nitrogen and oxygen atoms in total. The van der Waals surface area contributed by atoms with Crippen LogP contribution in [0.2, 0.25) is 0 Å². The average Bonchev–Trinajstić information content (AvgIpc) is 3.28. The quantitative estimate of drug-likeness (QED) is 0.0722. The summed E-state index contributed by atoms with van der Waals surface area (Å²) in [7, 11) is -4.75. The molecular weight excluding hydrogens is 949 g/mol. The van der Waals surface area contributed by atoms with E-state index >= 15 is 0 Å². The van der Waals surface area contributed by atoms with Gasteiger partial charge in [-0.1, -0.05) is 78.9 Å². The number of aliphatic hydroxyl groups excluding tert-OH is 6. The third kappa shape index (κ3) is 13.6. The number of sulfone groups is 1. The van der Waals surface area contributed by atoms with Gasteiger partial charge in [-0.2, -0.15) is 17.6 Å². The number of carbonyl (C=O) groups is 3. The summed E-state index contributed by atoms with van der Waals surface area (Å²) in [4.78, 5) is 34.2. The Balaban J connectivity index is 0.000000258. The lowest BCUT2D eigenvalue weighted by Crippen LogP contribution is -2.65. The van der Waals surface area contributed by atoms with Crippen molar-refractivity contribution in [2.45, 2.75) is 98.5 Å². The second-order valence-corrected chi connectivity index (χ2v) is 18.3. The van der Waals surface area contributed by atoms with E-state index in [-0.39, 0.29) is 17.1 Å². The lowest BCUT2D eigenvalue weighted by molar-refractivity contribution is -0.243. The van der Waals surface area contributed by atoms with E-state index in [2.05, 4.69) is 0 Å². The van der Waals surface area contributed by atoms with E-state index in [1.54, 1.807) is 66.7 Å².